The van der Waals surface area contributed by atoms with Crippen LogP contribution in [0.3, 0.4) is 0 Å². The van der Waals surface area contributed by atoms with Crippen molar-refractivity contribution < 1.29 is 19.8 Å². The number of benzene rings is 1. The molecule has 1 aromatic carbocycles. The van der Waals surface area contributed by atoms with E-state index in [9.17, 15) is 5.11 Å². The lowest BCUT2D eigenvalue weighted by Crippen LogP contribution is -1.95. The van der Waals surface area contributed by atoms with Gasteiger partial charge in [0.1, 0.15) is 17.2 Å². The fraction of sp³-hybridized carbons (Fsp3) is 0.222. The van der Waals surface area contributed by atoms with Crippen molar-refractivity contribution in [3.8, 4) is 17.2 Å². The van der Waals surface area contributed by atoms with Crippen LogP contribution in [0.1, 0.15) is 5.56 Å². The molecule has 1 rings (SSSR count). The Kier molecular flexibility index (Phi) is 3.17. The van der Waals surface area contributed by atoms with Crippen LogP contribution in [-0.2, 0) is 0 Å². The Hall–Kier alpha value is -1.91. The maximum Gasteiger partial charge on any atom is 0.135 e. The third kappa shape index (κ3) is 1.87. The summed E-state index contributed by atoms with van der Waals surface area (Å²) in [4.78, 5) is 0. The number of hydrogen-bond acceptors (Lipinski definition) is 5. The van der Waals surface area contributed by atoms with Gasteiger partial charge in [0, 0.05) is 12.1 Å². The summed E-state index contributed by atoms with van der Waals surface area (Å²) < 4.78 is 9.96. The number of hydrogen-bond donors (Lipinski definition) is 2. The van der Waals surface area contributed by atoms with E-state index in [2.05, 4.69) is 5.16 Å². The molecule has 0 heterocycles. The Morgan fingerprint density at radius 2 is 1.71 bits per heavy atom. The van der Waals surface area contributed by atoms with Crippen molar-refractivity contribution in [2.75, 3.05) is 14.2 Å². The Morgan fingerprint density at radius 1 is 1.21 bits per heavy atom. The third-order valence-electron chi connectivity index (χ3n) is 1.72. The number of phenols is 1. The number of methoxy groups -OCH3 is 2. The van der Waals surface area contributed by atoms with Gasteiger partial charge in [-0.2, -0.15) is 0 Å². The number of ether oxygens (including phenoxy) is 2. The molecule has 0 unspecified atom stereocenters. The maximum atomic E-state index is 9.28. The summed E-state index contributed by atoms with van der Waals surface area (Å²) in [6.45, 7) is 0. The van der Waals surface area contributed by atoms with E-state index in [4.69, 9.17) is 14.7 Å². The molecule has 0 atom stereocenters. The lowest BCUT2D eigenvalue weighted by atomic mass is 10.2. The number of rotatable bonds is 3. The van der Waals surface area contributed by atoms with Crippen LogP contribution >= 0.6 is 0 Å². The van der Waals surface area contributed by atoms with E-state index in [1.165, 1.54) is 32.6 Å². The van der Waals surface area contributed by atoms with Crippen LogP contribution in [0.4, 0.5) is 0 Å². The van der Waals surface area contributed by atoms with Gasteiger partial charge in [-0.15, -0.1) is 0 Å². The van der Waals surface area contributed by atoms with E-state index < -0.39 is 0 Å². The number of phenolic OH excluding ortho intramolecular Hbond substituents is 1. The molecular formula is C9H11NO4. The van der Waals surface area contributed by atoms with Gasteiger partial charge < -0.3 is 19.8 Å². The first-order valence-corrected chi connectivity index (χ1v) is 3.85. The van der Waals surface area contributed by atoms with Gasteiger partial charge >= 0.3 is 0 Å². The molecule has 0 aliphatic heterocycles. The van der Waals surface area contributed by atoms with Crippen molar-refractivity contribution in [3.05, 3.63) is 17.7 Å². The van der Waals surface area contributed by atoms with E-state index in [1.54, 1.807) is 0 Å². The molecular weight excluding hydrogens is 186 g/mol. The first-order valence-electron chi connectivity index (χ1n) is 3.85. The molecule has 1 aromatic rings. The van der Waals surface area contributed by atoms with Gasteiger partial charge in [-0.25, -0.2) is 0 Å². The fourth-order valence-electron chi connectivity index (χ4n) is 1.11. The van der Waals surface area contributed by atoms with Gasteiger partial charge in [-0.05, 0) is 0 Å². The quantitative estimate of drug-likeness (QED) is 0.434. The molecule has 5 heteroatoms. The van der Waals surface area contributed by atoms with Crippen molar-refractivity contribution in [3.63, 3.8) is 0 Å². The van der Waals surface area contributed by atoms with Crippen molar-refractivity contribution >= 4 is 6.21 Å². The Balaban J connectivity index is 3.32. The van der Waals surface area contributed by atoms with E-state index in [0.29, 0.717) is 17.1 Å². The van der Waals surface area contributed by atoms with Crippen molar-refractivity contribution in [1.82, 2.24) is 0 Å². The summed E-state index contributed by atoms with van der Waals surface area (Å²) in [6, 6.07) is 2.80. The summed E-state index contributed by atoms with van der Waals surface area (Å²) in [5.74, 6) is 0.771. The minimum Gasteiger partial charge on any atom is -0.508 e. The average Bonchev–Trinajstić information content (AvgIpc) is 2.20. The molecule has 5 nitrogen and oxygen atoms in total. The Bertz CT molecular complexity index is 324. The van der Waals surface area contributed by atoms with E-state index in [-0.39, 0.29) is 5.75 Å². The van der Waals surface area contributed by atoms with Crippen molar-refractivity contribution in [2.24, 2.45) is 5.16 Å². The predicted octanol–water partition coefficient (Wildman–Crippen LogP) is 1.22. The highest BCUT2D eigenvalue weighted by Gasteiger charge is 2.10. The number of oxime groups is 1. The van der Waals surface area contributed by atoms with Gasteiger partial charge in [-0.1, -0.05) is 5.16 Å². The Labute approximate surface area is 81.2 Å². The standard InChI is InChI=1S/C9H11NO4/c1-13-8-3-6(11)4-9(14-2)7(8)5-10-12/h3-5,11-12H,1-2H3/b10-5+. The Morgan fingerprint density at radius 3 is 2.07 bits per heavy atom. The molecule has 0 fully saturated rings. The van der Waals surface area contributed by atoms with Crippen LogP contribution in [-0.4, -0.2) is 30.7 Å². The zero-order valence-corrected chi connectivity index (χ0v) is 7.89. The highest BCUT2D eigenvalue weighted by atomic mass is 16.5. The summed E-state index contributed by atoms with van der Waals surface area (Å²) in [5, 5.41) is 20.6. The predicted molar refractivity (Wildman–Crippen MR) is 50.6 cm³/mol. The van der Waals surface area contributed by atoms with Crippen molar-refractivity contribution in [2.45, 2.75) is 0 Å². The van der Waals surface area contributed by atoms with Crippen LogP contribution in [0, 0.1) is 0 Å². The summed E-state index contributed by atoms with van der Waals surface area (Å²) in [6.07, 6.45) is 1.18. The zero-order valence-electron chi connectivity index (χ0n) is 7.89. The highest BCUT2D eigenvalue weighted by molar-refractivity contribution is 5.87. The molecule has 0 saturated heterocycles. The summed E-state index contributed by atoms with van der Waals surface area (Å²) >= 11 is 0. The third-order valence-corrected chi connectivity index (χ3v) is 1.72. The lowest BCUT2D eigenvalue weighted by Gasteiger charge is -2.09. The molecule has 0 aromatic heterocycles. The smallest absolute Gasteiger partial charge is 0.135 e. The van der Waals surface area contributed by atoms with Gasteiger partial charge in [0.05, 0.1) is 26.0 Å². The fourth-order valence-corrected chi connectivity index (χ4v) is 1.11. The average molecular weight is 197 g/mol. The molecule has 0 radical (unpaired) electrons. The molecule has 0 amide bonds. The second kappa shape index (κ2) is 4.36. The molecule has 0 spiro atoms. The first-order chi connectivity index (χ1) is 6.72. The highest BCUT2D eigenvalue weighted by Crippen LogP contribution is 2.31. The first kappa shape index (κ1) is 10.2. The molecule has 0 bridgehead atoms. The monoisotopic (exact) mass is 197 g/mol. The summed E-state index contributed by atoms with van der Waals surface area (Å²) in [5.41, 5.74) is 0.468. The summed E-state index contributed by atoms with van der Waals surface area (Å²) in [7, 11) is 2.89. The van der Waals surface area contributed by atoms with E-state index >= 15 is 0 Å². The van der Waals surface area contributed by atoms with Crippen LogP contribution in [0.15, 0.2) is 17.3 Å². The number of nitrogens with zero attached hydrogens (tertiary/aromatic N) is 1. The SMILES string of the molecule is COc1cc(O)cc(OC)c1/C=N/O. The maximum absolute atomic E-state index is 9.28. The van der Waals surface area contributed by atoms with Crippen molar-refractivity contribution in [1.29, 1.82) is 0 Å². The largest absolute Gasteiger partial charge is 0.508 e. The van der Waals surface area contributed by atoms with E-state index in [0.717, 1.165) is 0 Å². The minimum atomic E-state index is 0.0220. The molecule has 0 aliphatic carbocycles. The zero-order chi connectivity index (χ0) is 10.6. The molecule has 14 heavy (non-hydrogen) atoms. The van der Waals surface area contributed by atoms with Gasteiger partial charge in [0.25, 0.3) is 0 Å². The van der Waals surface area contributed by atoms with Crippen LogP contribution in [0.2, 0.25) is 0 Å². The normalized spacial score (nSPS) is 10.4. The lowest BCUT2D eigenvalue weighted by molar-refractivity contribution is 0.321. The van der Waals surface area contributed by atoms with Crippen LogP contribution in [0.25, 0.3) is 0 Å². The van der Waals surface area contributed by atoms with Gasteiger partial charge in [0.15, 0.2) is 0 Å². The molecule has 0 saturated carbocycles. The second-order valence-corrected chi connectivity index (χ2v) is 2.51. The topological polar surface area (TPSA) is 71.3 Å². The minimum absolute atomic E-state index is 0.0220. The second-order valence-electron chi connectivity index (χ2n) is 2.51. The molecule has 76 valence electrons. The number of aromatic hydroxyl groups is 1. The molecule has 2 N–H and O–H groups in total. The van der Waals surface area contributed by atoms with Gasteiger partial charge in [0.2, 0.25) is 0 Å². The molecule has 0 aliphatic rings. The van der Waals surface area contributed by atoms with Crippen LogP contribution < -0.4 is 9.47 Å². The van der Waals surface area contributed by atoms with E-state index in [1.807, 2.05) is 0 Å². The van der Waals surface area contributed by atoms with Gasteiger partial charge in [-0.3, -0.25) is 0 Å². The van der Waals surface area contributed by atoms with Crippen LogP contribution in [0.5, 0.6) is 17.2 Å².